The highest BCUT2D eigenvalue weighted by atomic mass is 35.5. The minimum Gasteiger partial charge on any atom is -0.379 e. The van der Waals surface area contributed by atoms with Crippen molar-refractivity contribution in [3.05, 3.63) is 0 Å². The molecule has 0 aliphatic carbocycles. The maximum absolute atomic E-state index is 12.0. The van der Waals surface area contributed by atoms with E-state index in [-0.39, 0.29) is 18.4 Å². The zero-order valence-electron chi connectivity index (χ0n) is 9.72. The number of nitrogens with one attached hydrogen (secondary N) is 2. The van der Waals surface area contributed by atoms with Crippen molar-refractivity contribution < 1.29 is 13.2 Å². The van der Waals surface area contributed by atoms with Crippen molar-refractivity contribution in [1.82, 2.24) is 14.3 Å². The average Bonchev–Trinajstić information content (AvgIpc) is 2.31. The lowest BCUT2D eigenvalue weighted by atomic mass is 10.1. The first kappa shape index (κ1) is 15.1. The molecule has 0 aromatic heterocycles. The van der Waals surface area contributed by atoms with Gasteiger partial charge in [0.1, 0.15) is 0 Å². The van der Waals surface area contributed by atoms with Crippen molar-refractivity contribution in [2.45, 2.75) is 18.9 Å². The highest BCUT2D eigenvalue weighted by molar-refractivity contribution is 7.87. The quantitative estimate of drug-likeness (QED) is 0.721. The van der Waals surface area contributed by atoms with E-state index in [0.717, 1.165) is 25.9 Å². The van der Waals surface area contributed by atoms with Gasteiger partial charge in [0, 0.05) is 25.7 Å². The molecule has 1 atom stereocenters. The second-order valence-electron chi connectivity index (χ2n) is 4.18. The maximum Gasteiger partial charge on any atom is 0.279 e. The molecule has 102 valence electrons. The monoisotopic (exact) mass is 285 g/mol. The van der Waals surface area contributed by atoms with Gasteiger partial charge in [-0.15, -0.1) is 12.4 Å². The Morgan fingerprint density at radius 2 is 2.00 bits per heavy atom. The molecule has 17 heavy (non-hydrogen) atoms. The van der Waals surface area contributed by atoms with Crippen molar-refractivity contribution in [2.24, 2.45) is 0 Å². The third-order valence-electron chi connectivity index (χ3n) is 2.92. The van der Waals surface area contributed by atoms with Crippen LogP contribution in [0.5, 0.6) is 0 Å². The Kier molecular flexibility index (Phi) is 6.11. The van der Waals surface area contributed by atoms with E-state index < -0.39 is 10.2 Å². The summed E-state index contributed by atoms with van der Waals surface area (Å²) in [4.78, 5) is 0. The lowest BCUT2D eigenvalue weighted by Gasteiger charge is -2.30. The van der Waals surface area contributed by atoms with E-state index in [2.05, 4.69) is 10.0 Å². The summed E-state index contributed by atoms with van der Waals surface area (Å²) in [5, 5.41) is 3.19. The van der Waals surface area contributed by atoms with Crippen LogP contribution in [-0.4, -0.2) is 58.2 Å². The second-order valence-corrected chi connectivity index (χ2v) is 5.88. The Labute approximate surface area is 109 Å². The van der Waals surface area contributed by atoms with Crippen LogP contribution in [-0.2, 0) is 14.9 Å². The molecule has 2 fully saturated rings. The van der Waals surface area contributed by atoms with Gasteiger partial charge in [-0.25, -0.2) is 0 Å². The van der Waals surface area contributed by atoms with E-state index in [0.29, 0.717) is 26.3 Å². The van der Waals surface area contributed by atoms with E-state index in [1.54, 1.807) is 0 Å². The van der Waals surface area contributed by atoms with Gasteiger partial charge >= 0.3 is 0 Å². The predicted molar refractivity (Wildman–Crippen MR) is 67.6 cm³/mol. The standard InChI is InChI=1S/C9H19N3O3S.ClH/c13-16(14,12-4-6-15-7-5-12)11-9-2-1-3-10-8-9;/h9-11H,1-8H2;1H. The lowest BCUT2D eigenvalue weighted by Crippen LogP contribution is -2.53. The minimum absolute atomic E-state index is 0. The average molecular weight is 286 g/mol. The van der Waals surface area contributed by atoms with Crippen LogP contribution in [0.25, 0.3) is 0 Å². The third-order valence-corrected chi connectivity index (χ3v) is 4.60. The second kappa shape index (κ2) is 6.86. The number of morpholine rings is 1. The van der Waals surface area contributed by atoms with E-state index in [1.807, 2.05) is 0 Å². The number of hydrogen-bond donors (Lipinski definition) is 2. The Morgan fingerprint density at radius 3 is 2.59 bits per heavy atom. The van der Waals surface area contributed by atoms with Gasteiger partial charge in [0.2, 0.25) is 0 Å². The molecule has 8 heteroatoms. The van der Waals surface area contributed by atoms with Gasteiger partial charge in [0.05, 0.1) is 13.2 Å². The molecule has 0 saturated carbocycles. The first-order valence-corrected chi connectivity index (χ1v) is 7.18. The molecule has 2 rings (SSSR count). The van der Waals surface area contributed by atoms with E-state index >= 15 is 0 Å². The fourth-order valence-corrected chi connectivity index (χ4v) is 3.43. The Morgan fingerprint density at radius 1 is 1.29 bits per heavy atom. The number of piperidine rings is 1. The Bertz CT molecular complexity index is 313. The summed E-state index contributed by atoms with van der Waals surface area (Å²) < 4.78 is 33.3. The van der Waals surface area contributed by atoms with Crippen LogP contribution in [0.15, 0.2) is 0 Å². The van der Waals surface area contributed by atoms with E-state index in [4.69, 9.17) is 4.74 Å². The van der Waals surface area contributed by atoms with Crippen LogP contribution < -0.4 is 10.0 Å². The molecule has 1 unspecified atom stereocenters. The number of nitrogens with zero attached hydrogens (tertiary/aromatic N) is 1. The summed E-state index contributed by atoms with van der Waals surface area (Å²) in [5.41, 5.74) is 0. The van der Waals surface area contributed by atoms with Crippen molar-refractivity contribution in [3.8, 4) is 0 Å². The van der Waals surface area contributed by atoms with Gasteiger partial charge < -0.3 is 10.1 Å². The molecular formula is C9H20ClN3O3S. The van der Waals surface area contributed by atoms with Crippen LogP contribution >= 0.6 is 12.4 Å². The van der Waals surface area contributed by atoms with Gasteiger partial charge in [-0.2, -0.15) is 17.4 Å². The highest BCUT2D eigenvalue weighted by Crippen LogP contribution is 2.07. The fraction of sp³-hybridized carbons (Fsp3) is 1.00. The van der Waals surface area contributed by atoms with Crippen LogP contribution in [0.4, 0.5) is 0 Å². The van der Waals surface area contributed by atoms with Crippen LogP contribution in [0.2, 0.25) is 0 Å². The molecule has 2 heterocycles. The zero-order valence-corrected chi connectivity index (χ0v) is 11.4. The topological polar surface area (TPSA) is 70.7 Å². The molecule has 6 nitrogen and oxygen atoms in total. The lowest BCUT2D eigenvalue weighted by molar-refractivity contribution is 0.0722. The summed E-state index contributed by atoms with van der Waals surface area (Å²) in [6.07, 6.45) is 1.94. The number of ether oxygens (including phenoxy) is 1. The van der Waals surface area contributed by atoms with Gasteiger partial charge in [-0.05, 0) is 19.4 Å². The summed E-state index contributed by atoms with van der Waals surface area (Å²) >= 11 is 0. The van der Waals surface area contributed by atoms with Gasteiger partial charge in [0.15, 0.2) is 0 Å². The number of rotatable bonds is 3. The third kappa shape index (κ3) is 4.35. The molecule has 0 bridgehead atoms. The van der Waals surface area contributed by atoms with Crippen LogP contribution in [0.1, 0.15) is 12.8 Å². The zero-order chi connectivity index (χ0) is 11.4. The largest absolute Gasteiger partial charge is 0.379 e. The van der Waals surface area contributed by atoms with Gasteiger partial charge in [-0.3, -0.25) is 0 Å². The molecule has 0 aromatic rings. The number of hydrogen-bond acceptors (Lipinski definition) is 4. The van der Waals surface area contributed by atoms with Crippen LogP contribution in [0, 0.1) is 0 Å². The molecule has 0 radical (unpaired) electrons. The Balaban J connectivity index is 0.00000144. The molecule has 2 aliphatic heterocycles. The highest BCUT2D eigenvalue weighted by Gasteiger charge is 2.27. The van der Waals surface area contributed by atoms with Crippen molar-refractivity contribution >= 4 is 22.6 Å². The molecule has 0 aromatic carbocycles. The van der Waals surface area contributed by atoms with Crippen molar-refractivity contribution in [3.63, 3.8) is 0 Å². The number of halogens is 1. The van der Waals surface area contributed by atoms with Crippen LogP contribution in [0.3, 0.4) is 0 Å². The molecule has 0 amide bonds. The van der Waals surface area contributed by atoms with Crippen molar-refractivity contribution in [2.75, 3.05) is 39.4 Å². The smallest absolute Gasteiger partial charge is 0.279 e. The molecular weight excluding hydrogens is 266 g/mol. The maximum atomic E-state index is 12.0. The van der Waals surface area contributed by atoms with Gasteiger partial charge in [-0.1, -0.05) is 0 Å². The summed E-state index contributed by atoms with van der Waals surface area (Å²) in [6.45, 7) is 3.60. The minimum atomic E-state index is -3.32. The molecule has 2 saturated heterocycles. The molecule has 0 spiro atoms. The fourth-order valence-electron chi connectivity index (χ4n) is 2.02. The normalized spacial score (nSPS) is 27.4. The first-order chi connectivity index (χ1) is 7.68. The predicted octanol–water partition coefficient (Wildman–Crippen LogP) is -0.673. The summed E-state index contributed by atoms with van der Waals surface area (Å²) in [5.74, 6) is 0. The Hall–Kier alpha value is 0.0800. The van der Waals surface area contributed by atoms with E-state index in [9.17, 15) is 8.42 Å². The first-order valence-electron chi connectivity index (χ1n) is 5.74. The summed E-state index contributed by atoms with van der Waals surface area (Å²) in [7, 11) is -3.32. The van der Waals surface area contributed by atoms with Crippen molar-refractivity contribution in [1.29, 1.82) is 0 Å². The van der Waals surface area contributed by atoms with E-state index in [1.165, 1.54) is 4.31 Å². The SMILES string of the molecule is Cl.O=S(=O)(NC1CCCNC1)N1CCOCC1. The summed E-state index contributed by atoms with van der Waals surface area (Å²) in [6, 6.07) is 0.0293. The van der Waals surface area contributed by atoms with Gasteiger partial charge in [0.25, 0.3) is 10.2 Å². The molecule has 2 N–H and O–H groups in total. The molecule has 2 aliphatic rings.